The number of halogens is 1. The minimum absolute atomic E-state index is 0.196. The maximum absolute atomic E-state index is 13.3. The Labute approximate surface area is 152 Å². The average Bonchev–Trinajstić information content (AvgIpc) is 3.08. The number of nitrogens with one attached hydrogen (secondary N) is 1. The van der Waals surface area contributed by atoms with E-state index in [1.165, 1.54) is 17.7 Å². The number of amides is 1. The summed E-state index contributed by atoms with van der Waals surface area (Å²) in [5, 5.41) is 7.50. The van der Waals surface area contributed by atoms with E-state index in [0.717, 1.165) is 17.5 Å². The van der Waals surface area contributed by atoms with Gasteiger partial charge in [0.05, 0.1) is 11.4 Å². The van der Waals surface area contributed by atoms with Crippen molar-refractivity contribution in [2.45, 2.75) is 27.2 Å². The van der Waals surface area contributed by atoms with Gasteiger partial charge >= 0.3 is 0 Å². The van der Waals surface area contributed by atoms with Gasteiger partial charge in [-0.1, -0.05) is 19.1 Å². The van der Waals surface area contributed by atoms with Crippen LogP contribution in [0.25, 0.3) is 16.9 Å². The van der Waals surface area contributed by atoms with Gasteiger partial charge in [-0.25, -0.2) is 9.07 Å². The Morgan fingerprint density at radius 3 is 2.46 bits per heavy atom. The average molecular weight is 351 g/mol. The van der Waals surface area contributed by atoms with E-state index in [9.17, 15) is 9.18 Å². The van der Waals surface area contributed by atoms with Crippen LogP contribution in [0.5, 0.6) is 0 Å². The van der Waals surface area contributed by atoms with Crippen LogP contribution in [0.3, 0.4) is 0 Å². The third-order valence-electron chi connectivity index (χ3n) is 4.35. The predicted octanol–water partition coefficient (Wildman–Crippen LogP) is 4.44. The highest BCUT2D eigenvalue weighted by atomic mass is 19.1. The van der Waals surface area contributed by atoms with Crippen molar-refractivity contribution < 1.29 is 9.18 Å². The Kier molecular flexibility index (Phi) is 5.16. The molecule has 0 radical (unpaired) electrons. The van der Waals surface area contributed by atoms with E-state index in [-0.39, 0.29) is 11.7 Å². The SMILES string of the molecule is CCCNC(=O)c1cc(-c2ccc(C)c(C)c2)nn1-c1ccc(F)cc1. The van der Waals surface area contributed by atoms with Crippen LogP contribution in [0.15, 0.2) is 48.5 Å². The summed E-state index contributed by atoms with van der Waals surface area (Å²) < 4.78 is 14.8. The van der Waals surface area contributed by atoms with Crippen LogP contribution in [0, 0.1) is 19.7 Å². The van der Waals surface area contributed by atoms with Crippen molar-refractivity contribution in [3.05, 3.63) is 71.2 Å². The van der Waals surface area contributed by atoms with E-state index >= 15 is 0 Å². The largest absolute Gasteiger partial charge is 0.351 e. The third kappa shape index (κ3) is 3.67. The summed E-state index contributed by atoms with van der Waals surface area (Å²) in [5.74, 6) is -0.522. The van der Waals surface area contributed by atoms with Gasteiger partial charge in [-0.05, 0) is 67.8 Å². The van der Waals surface area contributed by atoms with Crippen molar-refractivity contribution in [3.63, 3.8) is 0 Å². The number of hydrogen-bond donors (Lipinski definition) is 1. The number of aromatic nitrogens is 2. The molecular formula is C21H22FN3O. The molecule has 3 aromatic rings. The first-order valence-electron chi connectivity index (χ1n) is 8.71. The lowest BCUT2D eigenvalue weighted by molar-refractivity contribution is 0.0946. The second kappa shape index (κ2) is 7.52. The lowest BCUT2D eigenvalue weighted by atomic mass is 10.0. The quantitative estimate of drug-likeness (QED) is 0.739. The zero-order valence-electron chi connectivity index (χ0n) is 15.2. The number of rotatable bonds is 5. The Morgan fingerprint density at radius 2 is 1.81 bits per heavy atom. The molecule has 134 valence electrons. The maximum Gasteiger partial charge on any atom is 0.270 e. The van der Waals surface area contributed by atoms with E-state index in [1.807, 2.05) is 26.0 Å². The molecule has 3 rings (SSSR count). The highest BCUT2D eigenvalue weighted by molar-refractivity contribution is 5.94. The Morgan fingerprint density at radius 1 is 1.08 bits per heavy atom. The number of aryl methyl sites for hydroxylation is 2. The first-order chi connectivity index (χ1) is 12.5. The first kappa shape index (κ1) is 17.9. The molecular weight excluding hydrogens is 329 g/mol. The third-order valence-corrected chi connectivity index (χ3v) is 4.35. The second-order valence-corrected chi connectivity index (χ2v) is 6.36. The van der Waals surface area contributed by atoms with Gasteiger partial charge in [0.1, 0.15) is 11.5 Å². The molecule has 0 atom stereocenters. The summed E-state index contributed by atoms with van der Waals surface area (Å²) in [6.45, 7) is 6.69. The minimum atomic E-state index is -0.327. The number of carbonyl (C=O) groups excluding carboxylic acids is 1. The Bertz CT molecular complexity index is 929. The molecule has 1 heterocycles. The van der Waals surface area contributed by atoms with E-state index in [2.05, 4.69) is 23.4 Å². The molecule has 0 unspecified atom stereocenters. The van der Waals surface area contributed by atoms with Gasteiger partial charge < -0.3 is 5.32 Å². The lowest BCUT2D eigenvalue weighted by Gasteiger charge is -2.07. The molecule has 2 aromatic carbocycles. The second-order valence-electron chi connectivity index (χ2n) is 6.36. The van der Waals surface area contributed by atoms with Gasteiger partial charge in [-0.3, -0.25) is 4.79 Å². The number of nitrogens with zero attached hydrogens (tertiary/aromatic N) is 2. The summed E-state index contributed by atoms with van der Waals surface area (Å²) in [7, 11) is 0. The van der Waals surface area contributed by atoms with Crippen LogP contribution in [0.4, 0.5) is 4.39 Å². The van der Waals surface area contributed by atoms with Gasteiger partial charge in [-0.15, -0.1) is 0 Å². The molecule has 0 aliphatic rings. The molecule has 0 aliphatic heterocycles. The standard InChI is InChI=1S/C21H22FN3O/c1-4-11-23-21(26)20-13-19(16-6-5-14(2)15(3)12-16)24-25(20)18-9-7-17(22)8-10-18/h5-10,12-13H,4,11H2,1-3H3,(H,23,26). The van der Waals surface area contributed by atoms with Crippen molar-refractivity contribution in [1.82, 2.24) is 15.1 Å². The molecule has 26 heavy (non-hydrogen) atoms. The van der Waals surface area contributed by atoms with Crippen molar-refractivity contribution in [1.29, 1.82) is 0 Å². The fourth-order valence-electron chi connectivity index (χ4n) is 2.69. The molecule has 1 N–H and O–H groups in total. The molecule has 0 aliphatic carbocycles. The molecule has 0 bridgehead atoms. The number of benzene rings is 2. The fourth-order valence-corrected chi connectivity index (χ4v) is 2.69. The Hall–Kier alpha value is -2.95. The smallest absolute Gasteiger partial charge is 0.270 e. The van der Waals surface area contributed by atoms with Crippen LogP contribution in [-0.4, -0.2) is 22.2 Å². The van der Waals surface area contributed by atoms with Crippen molar-refractivity contribution >= 4 is 5.91 Å². The van der Waals surface area contributed by atoms with Gasteiger partial charge in [0.2, 0.25) is 0 Å². The van der Waals surface area contributed by atoms with Gasteiger partial charge in [0.15, 0.2) is 0 Å². The highest BCUT2D eigenvalue weighted by Gasteiger charge is 2.17. The summed E-state index contributed by atoms with van der Waals surface area (Å²) in [5.41, 5.74) is 5.09. The van der Waals surface area contributed by atoms with Crippen LogP contribution in [0.2, 0.25) is 0 Å². The maximum atomic E-state index is 13.3. The first-order valence-corrected chi connectivity index (χ1v) is 8.71. The Balaban J connectivity index is 2.08. The molecule has 0 saturated carbocycles. The normalized spacial score (nSPS) is 10.8. The highest BCUT2D eigenvalue weighted by Crippen LogP contribution is 2.24. The van der Waals surface area contributed by atoms with Crippen molar-refractivity contribution in [2.75, 3.05) is 6.54 Å². The van der Waals surface area contributed by atoms with Crippen molar-refractivity contribution in [3.8, 4) is 16.9 Å². The predicted molar refractivity (Wildman–Crippen MR) is 101 cm³/mol. The lowest BCUT2D eigenvalue weighted by Crippen LogP contribution is -2.26. The van der Waals surface area contributed by atoms with Crippen LogP contribution in [0.1, 0.15) is 35.0 Å². The van der Waals surface area contributed by atoms with E-state index < -0.39 is 0 Å². The minimum Gasteiger partial charge on any atom is -0.351 e. The summed E-state index contributed by atoms with van der Waals surface area (Å²) in [4.78, 5) is 12.6. The molecule has 0 saturated heterocycles. The van der Waals surface area contributed by atoms with Gasteiger partial charge in [0, 0.05) is 12.1 Å². The van der Waals surface area contributed by atoms with Gasteiger partial charge in [-0.2, -0.15) is 5.10 Å². The summed E-state index contributed by atoms with van der Waals surface area (Å²) >= 11 is 0. The van der Waals surface area contributed by atoms with E-state index in [0.29, 0.717) is 23.6 Å². The van der Waals surface area contributed by atoms with E-state index in [4.69, 9.17) is 0 Å². The summed E-state index contributed by atoms with van der Waals surface area (Å²) in [6.07, 6.45) is 0.848. The van der Waals surface area contributed by atoms with E-state index in [1.54, 1.807) is 22.9 Å². The molecule has 0 fully saturated rings. The topological polar surface area (TPSA) is 46.9 Å². The monoisotopic (exact) mass is 351 g/mol. The van der Waals surface area contributed by atoms with Crippen LogP contribution >= 0.6 is 0 Å². The molecule has 1 amide bonds. The number of carbonyl (C=O) groups is 1. The van der Waals surface area contributed by atoms with Gasteiger partial charge in [0.25, 0.3) is 5.91 Å². The van der Waals surface area contributed by atoms with Crippen LogP contribution in [-0.2, 0) is 0 Å². The summed E-state index contributed by atoms with van der Waals surface area (Å²) in [6, 6.07) is 13.8. The molecule has 1 aromatic heterocycles. The zero-order valence-corrected chi connectivity index (χ0v) is 15.2. The molecule has 5 heteroatoms. The fraction of sp³-hybridized carbons (Fsp3) is 0.238. The zero-order chi connectivity index (χ0) is 18.7. The number of hydrogen-bond acceptors (Lipinski definition) is 2. The molecule has 4 nitrogen and oxygen atoms in total. The molecule has 0 spiro atoms. The van der Waals surface area contributed by atoms with Crippen molar-refractivity contribution in [2.24, 2.45) is 0 Å². The van der Waals surface area contributed by atoms with Crippen LogP contribution < -0.4 is 5.32 Å².